The first-order valence-electron chi connectivity index (χ1n) is 6.09. The Hall–Kier alpha value is -1.44. The molecule has 0 unspecified atom stereocenters. The van der Waals surface area contributed by atoms with Crippen molar-refractivity contribution in [1.82, 2.24) is 0 Å². The summed E-state index contributed by atoms with van der Waals surface area (Å²) in [5.41, 5.74) is 2.14. The molecule has 0 bridgehead atoms. The molecule has 0 aliphatic heterocycles. The predicted molar refractivity (Wildman–Crippen MR) is 77.8 cm³/mol. The van der Waals surface area contributed by atoms with E-state index in [1.807, 2.05) is 24.3 Å². The Labute approximate surface area is 118 Å². The fourth-order valence-corrected chi connectivity index (χ4v) is 2.28. The fourth-order valence-electron chi connectivity index (χ4n) is 1.41. The molecule has 0 saturated carbocycles. The average molecular weight is 278 g/mol. The summed E-state index contributed by atoms with van der Waals surface area (Å²) in [6.45, 7) is 0.0933. The van der Waals surface area contributed by atoms with Crippen molar-refractivity contribution in [3.63, 3.8) is 0 Å². The lowest BCUT2D eigenvalue weighted by atomic mass is 10.1. The largest absolute Gasteiger partial charge is 0.469 e. The van der Waals surface area contributed by atoms with Gasteiger partial charge in [0.15, 0.2) is 0 Å². The minimum Gasteiger partial charge on any atom is -0.469 e. The average Bonchev–Trinajstić information content (AvgIpc) is 2.44. The van der Waals surface area contributed by atoms with Crippen LogP contribution < -0.4 is 0 Å². The molecule has 0 aliphatic carbocycles. The Kier molecular flexibility index (Phi) is 7.80. The Morgan fingerprint density at radius 1 is 1.47 bits per heavy atom. The Bertz CT molecular complexity index is 460. The van der Waals surface area contributed by atoms with Crippen LogP contribution >= 0.6 is 11.8 Å². The van der Waals surface area contributed by atoms with Crippen molar-refractivity contribution in [3.8, 4) is 11.8 Å². The van der Waals surface area contributed by atoms with E-state index in [-0.39, 0.29) is 12.6 Å². The molecule has 0 saturated heterocycles. The third-order valence-electron chi connectivity index (χ3n) is 2.34. The molecule has 0 aromatic heterocycles. The highest BCUT2D eigenvalue weighted by Crippen LogP contribution is 2.14. The number of ether oxygens (including phenoxy) is 1. The van der Waals surface area contributed by atoms with E-state index >= 15 is 0 Å². The highest BCUT2D eigenvalue weighted by atomic mass is 32.2. The predicted octanol–water partition coefficient (Wildman–Crippen LogP) is 2.22. The zero-order valence-electron chi connectivity index (χ0n) is 11.0. The molecule has 102 valence electrons. The summed E-state index contributed by atoms with van der Waals surface area (Å²) in [5.74, 6) is 7.35. The first kappa shape index (κ1) is 15.6. The van der Waals surface area contributed by atoms with Gasteiger partial charge in [-0.15, -0.1) is 0 Å². The van der Waals surface area contributed by atoms with Crippen LogP contribution in [-0.2, 0) is 15.3 Å². The lowest BCUT2D eigenvalue weighted by Gasteiger charge is -2.02. The third kappa shape index (κ3) is 6.90. The zero-order valence-corrected chi connectivity index (χ0v) is 11.8. The second-order valence-corrected chi connectivity index (χ2v) is 4.96. The highest BCUT2D eigenvalue weighted by molar-refractivity contribution is 7.98. The van der Waals surface area contributed by atoms with Crippen LogP contribution in [0.3, 0.4) is 0 Å². The normalized spacial score (nSPS) is 9.58. The van der Waals surface area contributed by atoms with Crippen LogP contribution in [0.5, 0.6) is 0 Å². The number of methoxy groups -OCH3 is 1. The number of carbonyl (C=O) groups is 1. The van der Waals surface area contributed by atoms with Gasteiger partial charge in [0.2, 0.25) is 0 Å². The van der Waals surface area contributed by atoms with Crippen molar-refractivity contribution in [1.29, 1.82) is 0 Å². The first-order valence-corrected chi connectivity index (χ1v) is 7.25. The number of hydrogen-bond acceptors (Lipinski definition) is 4. The monoisotopic (exact) mass is 278 g/mol. The molecule has 0 atom stereocenters. The van der Waals surface area contributed by atoms with Gasteiger partial charge < -0.3 is 9.84 Å². The smallest absolute Gasteiger partial charge is 0.306 e. The highest BCUT2D eigenvalue weighted by Gasteiger charge is 2.00. The third-order valence-corrected chi connectivity index (χ3v) is 3.37. The number of carbonyl (C=O) groups excluding carboxylic acids is 1. The van der Waals surface area contributed by atoms with Gasteiger partial charge in [0.05, 0.1) is 20.1 Å². The Morgan fingerprint density at radius 3 is 3.05 bits per heavy atom. The maximum atomic E-state index is 10.9. The molecule has 0 radical (unpaired) electrons. The number of hydrogen-bond donors (Lipinski definition) is 1. The number of rotatable bonds is 6. The number of aliphatic hydroxyl groups excluding tert-OH is 1. The van der Waals surface area contributed by atoms with Crippen molar-refractivity contribution in [2.24, 2.45) is 0 Å². The summed E-state index contributed by atoms with van der Waals surface area (Å²) in [4.78, 5) is 10.9. The van der Waals surface area contributed by atoms with E-state index in [0.29, 0.717) is 12.8 Å². The lowest BCUT2D eigenvalue weighted by molar-refractivity contribution is -0.140. The SMILES string of the molecule is COC(=O)CCSCc1cccc(C#CCCO)c1. The summed E-state index contributed by atoms with van der Waals surface area (Å²) in [5, 5.41) is 8.66. The quantitative estimate of drug-likeness (QED) is 0.492. The van der Waals surface area contributed by atoms with Gasteiger partial charge in [-0.25, -0.2) is 0 Å². The molecule has 0 spiro atoms. The van der Waals surface area contributed by atoms with Crippen LogP contribution in [0.15, 0.2) is 24.3 Å². The summed E-state index contributed by atoms with van der Waals surface area (Å²) in [7, 11) is 1.40. The van der Waals surface area contributed by atoms with Crippen LogP contribution in [-0.4, -0.2) is 30.5 Å². The van der Waals surface area contributed by atoms with Crippen molar-refractivity contribution >= 4 is 17.7 Å². The van der Waals surface area contributed by atoms with Crippen molar-refractivity contribution < 1.29 is 14.6 Å². The molecular formula is C15H18O3S. The number of benzene rings is 1. The number of esters is 1. The molecule has 0 heterocycles. The van der Waals surface area contributed by atoms with Gasteiger partial charge in [-0.3, -0.25) is 4.79 Å². The van der Waals surface area contributed by atoms with Gasteiger partial charge in [0, 0.05) is 23.5 Å². The minimum absolute atomic E-state index is 0.0933. The van der Waals surface area contributed by atoms with Gasteiger partial charge >= 0.3 is 5.97 Å². The van der Waals surface area contributed by atoms with E-state index in [4.69, 9.17) is 5.11 Å². The van der Waals surface area contributed by atoms with Gasteiger partial charge in [-0.05, 0) is 17.7 Å². The zero-order chi connectivity index (χ0) is 13.9. The molecule has 0 aliphatic rings. The minimum atomic E-state index is -0.170. The van der Waals surface area contributed by atoms with Gasteiger partial charge in [0.25, 0.3) is 0 Å². The van der Waals surface area contributed by atoms with Gasteiger partial charge in [-0.2, -0.15) is 11.8 Å². The van der Waals surface area contributed by atoms with Crippen LogP contribution in [0, 0.1) is 11.8 Å². The molecule has 0 amide bonds. The molecule has 3 nitrogen and oxygen atoms in total. The van der Waals surface area contributed by atoms with Crippen LogP contribution in [0.4, 0.5) is 0 Å². The number of thioether (sulfide) groups is 1. The van der Waals surface area contributed by atoms with E-state index in [9.17, 15) is 4.79 Å². The number of aliphatic hydroxyl groups is 1. The first-order chi connectivity index (χ1) is 9.26. The summed E-state index contributed by atoms with van der Waals surface area (Å²) < 4.78 is 4.59. The Morgan fingerprint density at radius 2 is 2.32 bits per heavy atom. The standard InChI is InChI=1S/C15H18O3S/c1-18-15(17)8-10-19-12-14-7-4-6-13(11-14)5-2-3-9-16/h4,6-7,11,16H,3,8-10,12H2,1H3. The maximum Gasteiger partial charge on any atom is 0.306 e. The van der Waals surface area contributed by atoms with E-state index in [1.54, 1.807) is 11.8 Å². The fraction of sp³-hybridized carbons (Fsp3) is 0.400. The van der Waals surface area contributed by atoms with Crippen LogP contribution in [0.2, 0.25) is 0 Å². The molecule has 4 heteroatoms. The van der Waals surface area contributed by atoms with Crippen LogP contribution in [0.25, 0.3) is 0 Å². The van der Waals surface area contributed by atoms with E-state index in [1.165, 1.54) is 12.7 Å². The van der Waals surface area contributed by atoms with Crippen molar-refractivity contribution in [2.75, 3.05) is 19.5 Å². The maximum absolute atomic E-state index is 10.9. The topological polar surface area (TPSA) is 46.5 Å². The van der Waals surface area contributed by atoms with Crippen molar-refractivity contribution in [2.45, 2.75) is 18.6 Å². The summed E-state index contributed by atoms with van der Waals surface area (Å²) in [6.07, 6.45) is 0.940. The molecular weight excluding hydrogens is 260 g/mol. The van der Waals surface area contributed by atoms with Crippen LogP contribution in [0.1, 0.15) is 24.0 Å². The summed E-state index contributed by atoms with van der Waals surface area (Å²) in [6, 6.07) is 8.00. The van der Waals surface area contributed by atoms with E-state index < -0.39 is 0 Å². The Balaban J connectivity index is 2.40. The van der Waals surface area contributed by atoms with E-state index in [0.717, 1.165) is 17.1 Å². The van der Waals surface area contributed by atoms with E-state index in [2.05, 4.69) is 16.6 Å². The summed E-state index contributed by atoms with van der Waals surface area (Å²) >= 11 is 1.70. The molecule has 0 fully saturated rings. The lowest BCUT2D eigenvalue weighted by Crippen LogP contribution is -2.01. The molecule has 1 aromatic carbocycles. The second kappa shape index (κ2) is 9.48. The molecule has 1 N–H and O–H groups in total. The van der Waals surface area contributed by atoms with Crippen molar-refractivity contribution in [3.05, 3.63) is 35.4 Å². The molecule has 1 rings (SSSR count). The molecule has 19 heavy (non-hydrogen) atoms. The second-order valence-electron chi connectivity index (χ2n) is 3.85. The molecule has 1 aromatic rings. The van der Waals surface area contributed by atoms with Gasteiger partial charge in [-0.1, -0.05) is 24.0 Å². The van der Waals surface area contributed by atoms with Gasteiger partial charge in [0.1, 0.15) is 0 Å².